The van der Waals surface area contributed by atoms with Crippen molar-refractivity contribution in [1.29, 1.82) is 0 Å². The maximum atomic E-state index is 12.6. The monoisotopic (exact) mass is 498 g/mol. The Morgan fingerprint density at radius 2 is 1.73 bits per heavy atom. The summed E-state index contributed by atoms with van der Waals surface area (Å²) >= 11 is 5.88. The summed E-state index contributed by atoms with van der Waals surface area (Å²) in [5.41, 5.74) is 4.46. The smallest absolute Gasteiger partial charge is 0.338 e. The fraction of sp³-hybridized carbons (Fsp3) is 0.211. The van der Waals surface area contributed by atoms with Crippen LogP contribution < -0.4 is 15.8 Å². The molecule has 0 bridgehead atoms. The molecular formula is C19H19ClN4O8S. The minimum atomic E-state index is -4.29. The van der Waals surface area contributed by atoms with Gasteiger partial charge in [-0.2, -0.15) is 0 Å². The first-order valence-corrected chi connectivity index (χ1v) is 11.1. The number of hydrogen-bond acceptors (Lipinski definition) is 8. The lowest BCUT2D eigenvalue weighted by molar-refractivity contribution is -0.385. The summed E-state index contributed by atoms with van der Waals surface area (Å²) in [6, 6.07) is 6.84. The second kappa shape index (κ2) is 10.3. The van der Waals surface area contributed by atoms with Crippen molar-refractivity contribution >= 4 is 50.9 Å². The second-order valence-electron chi connectivity index (χ2n) is 6.98. The number of anilines is 1. The van der Waals surface area contributed by atoms with Gasteiger partial charge in [0.1, 0.15) is 4.90 Å². The Balaban J connectivity index is 2.19. The number of carbonyl (C=O) groups excluding carboxylic acids is 3. The van der Waals surface area contributed by atoms with Gasteiger partial charge in [0.25, 0.3) is 21.6 Å². The van der Waals surface area contributed by atoms with E-state index in [0.717, 1.165) is 18.2 Å². The lowest BCUT2D eigenvalue weighted by Gasteiger charge is -2.20. The van der Waals surface area contributed by atoms with Crippen molar-refractivity contribution in [2.75, 3.05) is 4.72 Å². The summed E-state index contributed by atoms with van der Waals surface area (Å²) in [4.78, 5) is 44.9. The van der Waals surface area contributed by atoms with Gasteiger partial charge in [-0.3, -0.25) is 24.9 Å². The number of benzene rings is 2. The number of non-ortho nitro benzene ring substituents is 1. The van der Waals surface area contributed by atoms with Gasteiger partial charge < -0.3 is 10.5 Å². The number of nitrogens with zero attached hydrogens (tertiary/aromatic N) is 1. The van der Waals surface area contributed by atoms with Gasteiger partial charge in [0.15, 0.2) is 6.10 Å². The van der Waals surface area contributed by atoms with E-state index in [1.807, 2.05) is 5.32 Å². The third-order valence-corrected chi connectivity index (χ3v) is 6.00. The minimum Gasteiger partial charge on any atom is -0.448 e. The molecule has 4 N–H and O–H groups in total. The summed E-state index contributed by atoms with van der Waals surface area (Å²) < 4.78 is 32.6. The number of halogens is 1. The molecule has 0 heterocycles. The van der Waals surface area contributed by atoms with Crippen LogP contribution >= 0.6 is 11.6 Å². The molecule has 12 nitrogen and oxygen atoms in total. The Hall–Kier alpha value is -3.71. The highest BCUT2D eigenvalue weighted by Crippen LogP contribution is 2.28. The summed E-state index contributed by atoms with van der Waals surface area (Å²) in [5.74, 6) is -2.26. The molecule has 0 aliphatic heterocycles. The number of primary amides is 1. The molecule has 2 aromatic rings. The molecule has 0 unspecified atom stereocenters. The molecule has 33 heavy (non-hydrogen) atoms. The van der Waals surface area contributed by atoms with E-state index in [-0.39, 0.29) is 16.3 Å². The van der Waals surface area contributed by atoms with Crippen molar-refractivity contribution in [2.24, 2.45) is 11.7 Å². The Bertz CT molecular complexity index is 1200. The molecule has 3 amide bonds. The molecule has 0 spiro atoms. The van der Waals surface area contributed by atoms with Crippen LogP contribution in [0.15, 0.2) is 47.4 Å². The number of hydrogen-bond donors (Lipinski definition) is 3. The number of urea groups is 1. The van der Waals surface area contributed by atoms with Crippen molar-refractivity contribution in [3.05, 3.63) is 63.2 Å². The second-order valence-corrected chi connectivity index (χ2v) is 9.04. The van der Waals surface area contributed by atoms with E-state index < -0.39 is 55.5 Å². The fourth-order valence-electron chi connectivity index (χ4n) is 2.56. The van der Waals surface area contributed by atoms with Crippen molar-refractivity contribution < 1.29 is 32.5 Å². The number of imide groups is 1. The summed E-state index contributed by atoms with van der Waals surface area (Å²) in [6.45, 7) is 3.19. The number of nitrogens with two attached hydrogens (primary N) is 1. The van der Waals surface area contributed by atoms with Crippen LogP contribution in [0.25, 0.3) is 0 Å². The minimum absolute atomic E-state index is 0.0103. The number of nitrogens with one attached hydrogen (secondary N) is 2. The number of nitro groups is 1. The first-order valence-electron chi connectivity index (χ1n) is 9.20. The average Bonchev–Trinajstić information content (AvgIpc) is 2.71. The van der Waals surface area contributed by atoms with E-state index in [9.17, 15) is 32.9 Å². The highest BCUT2D eigenvalue weighted by molar-refractivity contribution is 7.92. The van der Waals surface area contributed by atoms with Crippen molar-refractivity contribution in [3.8, 4) is 0 Å². The number of carbonyl (C=O) groups is 3. The molecule has 1 atom stereocenters. The molecular weight excluding hydrogens is 480 g/mol. The van der Waals surface area contributed by atoms with Crippen LogP contribution in [-0.2, 0) is 19.6 Å². The first kappa shape index (κ1) is 25.5. The quantitative estimate of drug-likeness (QED) is 0.281. The van der Waals surface area contributed by atoms with Crippen molar-refractivity contribution in [2.45, 2.75) is 24.8 Å². The number of sulfonamides is 1. The van der Waals surface area contributed by atoms with Crippen LogP contribution in [0.4, 0.5) is 16.2 Å². The highest BCUT2D eigenvalue weighted by Gasteiger charge is 2.28. The van der Waals surface area contributed by atoms with Crippen molar-refractivity contribution in [1.82, 2.24) is 5.32 Å². The lowest BCUT2D eigenvalue weighted by atomic mass is 10.1. The summed E-state index contributed by atoms with van der Waals surface area (Å²) in [6.07, 6.45) is -1.29. The van der Waals surface area contributed by atoms with E-state index in [0.29, 0.717) is 0 Å². The van der Waals surface area contributed by atoms with Crippen molar-refractivity contribution in [3.63, 3.8) is 0 Å². The van der Waals surface area contributed by atoms with Gasteiger partial charge in [-0.1, -0.05) is 25.4 Å². The van der Waals surface area contributed by atoms with Crippen LogP contribution in [0.5, 0.6) is 0 Å². The van der Waals surface area contributed by atoms with E-state index in [1.165, 1.54) is 24.3 Å². The third kappa shape index (κ3) is 6.63. The van der Waals surface area contributed by atoms with Crippen LogP contribution in [-0.4, -0.2) is 37.4 Å². The van der Waals surface area contributed by atoms with E-state index >= 15 is 0 Å². The topological polar surface area (TPSA) is 188 Å². The fourth-order valence-corrected chi connectivity index (χ4v) is 4.14. The van der Waals surface area contributed by atoms with E-state index in [1.54, 1.807) is 13.8 Å². The number of esters is 1. The Morgan fingerprint density at radius 1 is 1.12 bits per heavy atom. The largest absolute Gasteiger partial charge is 0.448 e. The zero-order chi connectivity index (χ0) is 24.9. The van der Waals surface area contributed by atoms with Gasteiger partial charge in [-0.05, 0) is 36.2 Å². The molecule has 2 aromatic carbocycles. The number of ether oxygens (including phenoxy) is 1. The number of nitro benzene ring substituents is 1. The molecule has 2 rings (SSSR count). The normalized spacial score (nSPS) is 12.0. The summed E-state index contributed by atoms with van der Waals surface area (Å²) in [7, 11) is -4.29. The van der Waals surface area contributed by atoms with E-state index in [4.69, 9.17) is 22.1 Å². The standard InChI is InChI=1S/C19H19ClN4O8S/c1-10(2)16(17(25)22-19(21)27)32-18(26)11-3-5-12(6-4-11)23-33(30,31)15-9-13(24(28)29)7-8-14(15)20/h3-10,16,23H,1-2H3,(H3,21,22,25,27)/t16-/m0/s1. The Labute approximate surface area is 193 Å². The van der Waals surface area contributed by atoms with Gasteiger partial charge in [0, 0.05) is 17.8 Å². The van der Waals surface area contributed by atoms with Crippen LogP contribution in [0.3, 0.4) is 0 Å². The molecule has 0 aromatic heterocycles. The van der Waals surface area contributed by atoms with Crippen LogP contribution in [0, 0.1) is 16.0 Å². The molecule has 176 valence electrons. The van der Waals surface area contributed by atoms with Gasteiger partial charge in [-0.25, -0.2) is 18.0 Å². The van der Waals surface area contributed by atoms with Crippen LogP contribution in [0.2, 0.25) is 5.02 Å². The maximum Gasteiger partial charge on any atom is 0.338 e. The SMILES string of the molecule is CC(C)[C@H](OC(=O)c1ccc(NS(=O)(=O)c2cc([N+](=O)[O-])ccc2Cl)cc1)C(=O)NC(N)=O. The van der Waals surface area contributed by atoms with Gasteiger partial charge in [-0.15, -0.1) is 0 Å². The number of amides is 3. The molecule has 14 heteroatoms. The lowest BCUT2D eigenvalue weighted by Crippen LogP contribution is -2.45. The Kier molecular flexibility index (Phi) is 7.95. The van der Waals surface area contributed by atoms with Gasteiger partial charge in [0.05, 0.1) is 15.5 Å². The van der Waals surface area contributed by atoms with Gasteiger partial charge in [0.2, 0.25) is 0 Å². The predicted molar refractivity (Wildman–Crippen MR) is 117 cm³/mol. The Morgan fingerprint density at radius 3 is 2.24 bits per heavy atom. The average molecular weight is 499 g/mol. The third-order valence-electron chi connectivity index (χ3n) is 4.13. The molecule has 0 saturated heterocycles. The molecule has 0 saturated carbocycles. The zero-order valence-electron chi connectivity index (χ0n) is 17.3. The predicted octanol–water partition coefficient (Wildman–Crippen LogP) is 2.43. The molecule has 0 fully saturated rings. The highest BCUT2D eigenvalue weighted by atomic mass is 35.5. The van der Waals surface area contributed by atoms with Crippen LogP contribution in [0.1, 0.15) is 24.2 Å². The first-order chi connectivity index (χ1) is 15.3. The zero-order valence-corrected chi connectivity index (χ0v) is 18.8. The number of rotatable bonds is 8. The molecule has 0 aliphatic carbocycles. The summed E-state index contributed by atoms with van der Waals surface area (Å²) in [5, 5.41) is 12.5. The maximum absolute atomic E-state index is 12.6. The molecule has 0 radical (unpaired) electrons. The van der Waals surface area contributed by atoms with Gasteiger partial charge >= 0.3 is 12.0 Å². The van der Waals surface area contributed by atoms with E-state index in [2.05, 4.69) is 4.72 Å². The molecule has 0 aliphatic rings.